The number of amides is 1. The largest absolute Gasteiger partial charge is 0.454 e. The molecule has 168 valence electrons. The fraction of sp³-hybridized carbons (Fsp3) is 0.250. The summed E-state index contributed by atoms with van der Waals surface area (Å²) in [5, 5.41) is 10.6. The number of anilines is 1. The zero-order chi connectivity index (χ0) is 23.3. The molecule has 2 aromatic rings. The number of nitrogens with two attached hydrogens (primary N) is 1. The highest BCUT2D eigenvalue weighted by molar-refractivity contribution is 7.80. The lowest BCUT2D eigenvalue weighted by molar-refractivity contribution is -0.122. The number of fused-ring (bicyclic) bond motifs is 1. The molecule has 0 spiro atoms. The minimum atomic E-state index is -0.186. The molecule has 12 heteroatoms. The van der Waals surface area contributed by atoms with Gasteiger partial charge >= 0.3 is 0 Å². The van der Waals surface area contributed by atoms with Crippen LogP contribution in [-0.2, 0) is 4.79 Å². The SMILES string of the molecule is Cc1nc(NC(=S)NC(=O)C(C)C)sc1/C(C=Cc1ccc2c(c1)OCO2)=N/NC(N)=S. The van der Waals surface area contributed by atoms with Crippen LogP contribution in [0, 0.1) is 12.8 Å². The molecule has 0 fully saturated rings. The van der Waals surface area contributed by atoms with Crippen molar-refractivity contribution in [2.45, 2.75) is 20.8 Å². The molecule has 1 amide bonds. The van der Waals surface area contributed by atoms with Crippen molar-refractivity contribution in [3.05, 3.63) is 40.4 Å². The van der Waals surface area contributed by atoms with Gasteiger partial charge in [0.2, 0.25) is 12.7 Å². The summed E-state index contributed by atoms with van der Waals surface area (Å²) in [7, 11) is 0. The van der Waals surface area contributed by atoms with E-state index in [4.69, 9.17) is 39.6 Å². The van der Waals surface area contributed by atoms with Gasteiger partial charge in [0.05, 0.1) is 10.6 Å². The number of aryl methyl sites for hydroxylation is 1. The first kappa shape index (κ1) is 23.6. The Morgan fingerprint density at radius 2 is 2.06 bits per heavy atom. The van der Waals surface area contributed by atoms with Crippen LogP contribution in [0.5, 0.6) is 11.5 Å². The molecular weight excluding hydrogens is 468 g/mol. The maximum atomic E-state index is 11.8. The highest BCUT2D eigenvalue weighted by atomic mass is 32.1. The number of hydrogen-bond acceptors (Lipinski definition) is 8. The lowest BCUT2D eigenvalue weighted by Gasteiger charge is -2.08. The summed E-state index contributed by atoms with van der Waals surface area (Å²) in [4.78, 5) is 17.1. The van der Waals surface area contributed by atoms with Crippen molar-refractivity contribution in [3.63, 3.8) is 0 Å². The van der Waals surface area contributed by atoms with Crippen LogP contribution >= 0.6 is 35.8 Å². The van der Waals surface area contributed by atoms with Gasteiger partial charge in [0.1, 0.15) is 5.71 Å². The summed E-state index contributed by atoms with van der Waals surface area (Å²) in [6.45, 7) is 5.63. The van der Waals surface area contributed by atoms with E-state index >= 15 is 0 Å². The zero-order valence-electron chi connectivity index (χ0n) is 17.6. The third-order valence-electron chi connectivity index (χ3n) is 4.13. The number of nitrogens with one attached hydrogen (secondary N) is 3. The Hall–Kier alpha value is -3.09. The van der Waals surface area contributed by atoms with Crippen molar-refractivity contribution in [2.75, 3.05) is 12.1 Å². The Bertz CT molecular complexity index is 1110. The number of thiocarbonyl (C=S) groups is 2. The molecule has 1 aromatic carbocycles. The third kappa shape index (κ3) is 6.22. The molecule has 2 heterocycles. The summed E-state index contributed by atoms with van der Waals surface area (Å²) in [6, 6.07) is 5.63. The number of rotatable bonds is 6. The lowest BCUT2D eigenvalue weighted by atomic mass is 10.1. The molecule has 0 saturated carbocycles. The Balaban J connectivity index is 1.81. The van der Waals surface area contributed by atoms with Gasteiger partial charge in [-0.1, -0.05) is 37.3 Å². The number of allylic oxidation sites excluding steroid dienone is 1. The number of thiazole rings is 1. The first-order valence-corrected chi connectivity index (χ1v) is 11.2. The quantitative estimate of drug-likeness (QED) is 0.275. The molecule has 0 aliphatic carbocycles. The van der Waals surface area contributed by atoms with E-state index in [-0.39, 0.29) is 28.8 Å². The normalized spacial score (nSPS) is 12.8. The van der Waals surface area contributed by atoms with E-state index in [0.717, 1.165) is 10.4 Å². The van der Waals surface area contributed by atoms with Crippen molar-refractivity contribution in [1.82, 2.24) is 15.7 Å². The van der Waals surface area contributed by atoms with Crippen LogP contribution in [0.2, 0.25) is 0 Å². The minimum absolute atomic E-state index is 0.0390. The molecule has 3 rings (SSSR count). The molecule has 0 unspecified atom stereocenters. The van der Waals surface area contributed by atoms with Gasteiger partial charge < -0.3 is 25.8 Å². The Labute approximate surface area is 200 Å². The van der Waals surface area contributed by atoms with Crippen molar-refractivity contribution in [2.24, 2.45) is 16.8 Å². The number of benzene rings is 1. The summed E-state index contributed by atoms with van der Waals surface area (Å²) in [5.41, 5.74) is 10.3. The van der Waals surface area contributed by atoms with Crippen LogP contribution in [0.4, 0.5) is 5.13 Å². The van der Waals surface area contributed by atoms with Crippen molar-refractivity contribution >= 4 is 68.8 Å². The predicted octanol–water partition coefficient (Wildman–Crippen LogP) is 2.90. The molecule has 0 saturated heterocycles. The minimum Gasteiger partial charge on any atom is -0.454 e. The third-order valence-corrected chi connectivity index (χ3v) is 5.52. The van der Waals surface area contributed by atoms with Crippen LogP contribution < -0.4 is 31.3 Å². The van der Waals surface area contributed by atoms with E-state index in [9.17, 15) is 4.79 Å². The second-order valence-corrected chi connectivity index (χ2v) is 8.80. The monoisotopic (exact) mass is 490 g/mol. The Kier molecular flexibility index (Phi) is 7.72. The average molecular weight is 491 g/mol. The number of hydrogen-bond donors (Lipinski definition) is 4. The molecule has 0 atom stereocenters. The van der Waals surface area contributed by atoms with Crippen molar-refractivity contribution in [1.29, 1.82) is 0 Å². The summed E-state index contributed by atoms with van der Waals surface area (Å²) in [6.07, 6.45) is 3.69. The van der Waals surface area contributed by atoms with Crippen molar-refractivity contribution < 1.29 is 14.3 Å². The number of carbonyl (C=O) groups excluding carboxylic acids is 1. The van der Waals surface area contributed by atoms with E-state index in [0.29, 0.717) is 28.0 Å². The highest BCUT2D eigenvalue weighted by Crippen LogP contribution is 2.33. The van der Waals surface area contributed by atoms with Gasteiger partial charge in [0, 0.05) is 5.92 Å². The molecule has 1 aliphatic heterocycles. The van der Waals surface area contributed by atoms with E-state index in [1.807, 2.05) is 37.3 Å². The predicted molar refractivity (Wildman–Crippen MR) is 134 cm³/mol. The number of ether oxygens (including phenoxy) is 2. The maximum absolute atomic E-state index is 11.8. The molecule has 5 N–H and O–H groups in total. The molecule has 1 aliphatic rings. The molecular formula is C20H22N6O3S3. The van der Waals surface area contributed by atoms with Crippen LogP contribution in [0.3, 0.4) is 0 Å². The van der Waals surface area contributed by atoms with E-state index in [2.05, 4.69) is 26.1 Å². The fourth-order valence-corrected chi connectivity index (χ4v) is 3.79. The smallest absolute Gasteiger partial charge is 0.231 e. The van der Waals surface area contributed by atoms with Gasteiger partial charge in [-0.25, -0.2) is 4.98 Å². The average Bonchev–Trinajstić information content (AvgIpc) is 3.33. The first-order chi connectivity index (χ1) is 15.2. The van der Waals surface area contributed by atoms with Crippen LogP contribution in [0.25, 0.3) is 6.08 Å². The van der Waals surface area contributed by atoms with Crippen molar-refractivity contribution in [3.8, 4) is 11.5 Å². The Morgan fingerprint density at radius 1 is 1.31 bits per heavy atom. The van der Waals surface area contributed by atoms with Gasteiger partial charge in [0.15, 0.2) is 26.9 Å². The fourth-order valence-electron chi connectivity index (χ4n) is 2.54. The second-order valence-electron chi connectivity index (χ2n) is 6.95. The second kappa shape index (κ2) is 10.5. The maximum Gasteiger partial charge on any atom is 0.231 e. The topological polar surface area (TPSA) is 123 Å². The van der Waals surface area contributed by atoms with Crippen LogP contribution in [0.15, 0.2) is 29.4 Å². The summed E-state index contributed by atoms with van der Waals surface area (Å²) in [5.74, 6) is 1.03. The zero-order valence-corrected chi connectivity index (χ0v) is 20.0. The first-order valence-electron chi connectivity index (χ1n) is 9.53. The van der Waals surface area contributed by atoms with E-state index in [1.54, 1.807) is 13.8 Å². The molecule has 0 radical (unpaired) electrons. The number of aromatic nitrogens is 1. The van der Waals surface area contributed by atoms with Crippen LogP contribution in [0.1, 0.15) is 30.0 Å². The summed E-state index contributed by atoms with van der Waals surface area (Å²) >= 11 is 11.4. The molecule has 0 bridgehead atoms. The van der Waals surface area contributed by atoms with Gasteiger partial charge in [-0.05, 0) is 55.1 Å². The van der Waals surface area contributed by atoms with E-state index < -0.39 is 0 Å². The number of carbonyl (C=O) groups is 1. The van der Waals surface area contributed by atoms with Gasteiger partial charge in [0.25, 0.3) is 0 Å². The van der Waals surface area contributed by atoms with Crippen LogP contribution in [-0.4, -0.2) is 33.6 Å². The number of hydrazone groups is 1. The molecule has 1 aromatic heterocycles. The lowest BCUT2D eigenvalue weighted by Crippen LogP contribution is -2.36. The summed E-state index contributed by atoms with van der Waals surface area (Å²) < 4.78 is 10.8. The molecule has 9 nitrogen and oxygen atoms in total. The number of nitrogens with zero attached hydrogens (tertiary/aromatic N) is 2. The molecule has 32 heavy (non-hydrogen) atoms. The van der Waals surface area contributed by atoms with Gasteiger partial charge in [-0.15, -0.1) is 0 Å². The van der Waals surface area contributed by atoms with Gasteiger partial charge in [-0.2, -0.15) is 5.10 Å². The Morgan fingerprint density at radius 3 is 2.78 bits per heavy atom. The van der Waals surface area contributed by atoms with Gasteiger partial charge in [-0.3, -0.25) is 10.2 Å². The van der Waals surface area contributed by atoms with E-state index in [1.165, 1.54) is 11.3 Å². The standard InChI is InChI=1S/C20H22N6O3S3/c1-10(2)17(27)23-19(31)24-20-22-11(3)16(32-20)13(25-26-18(21)30)6-4-12-5-7-14-15(8-12)29-9-28-14/h4-8,10H,9H2,1-3H3,(H3,21,26,30)(H2,22,23,24,27,31)/b6-4?,25-13+. The highest BCUT2D eigenvalue weighted by Gasteiger charge is 2.16.